The topological polar surface area (TPSA) is 84.4 Å². The molecule has 0 amide bonds. The molecule has 86 heavy (non-hydrogen) atoms. The van der Waals surface area contributed by atoms with Crippen LogP contribution in [0.5, 0.6) is 0 Å². The summed E-state index contributed by atoms with van der Waals surface area (Å²) in [6, 6.07) is 0. The molecule has 0 bridgehead atoms. The van der Waals surface area contributed by atoms with Crippen LogP contribution in [-0.4, -0.2) is 48.2 Å². The number of hydrogen-bond acceptors (Lipinski definition) is 3. The monoisotopic (exact) mass is 1180 g/mol. The van der Waals surface area contributed by atoms with Crippen LogP contribution in [0.1, 0.15) is 245 Å². The van der Waals surface area contributed by atoms with Crippen molar-refractivity contribution in [2.24, 2.45) is 15.0 Å². The first kappa shape index (κ1) is 68.2. The Hall–Kier alpha value is -6.92. The molecule has 6 nitrogen and oxygen atoms in total. The number of H-pyrrole nitrogens is 3. The van der Waals surface area contributed by atoms with Gasteiger partial charge in [0.2, 0.25) is 0 Å². The molecule has 0 atom stereocenters. The summed E-state index contributed by atoms with van der Waals surface area (Å²) in [7, 11) is -3.13. The first-order chi connectivity index (χ1) is 40.8. The summed E-state index contributed by atoms with van der Waals surface area (Å²) in [4.78, 5) is 27.1. The van der Waals surface area contributed by atoms with Gasteiger partial charge in [0.1, 0.15) is 16.1 Å². The molecule has 0 saturated heterocycles. The molecule has 3 aliphatic heterocycles. The summed E-state index contributed by atoms with van der Waals surface area (Å²) in [5.41, 5.74) is 36.5. The van der Waals surface area contributed by atoms with Crippen LogP contribution in [0.15, 0.2) is 65.5 Å². The van der Waals surface area contributed by atoms with E-state index in [0.29, 0.717) is 0 Å². The zero-order chi connectivity index (χ0) is 63.0. The summed E-state index contributed by atoms with van der Waals surface area (Å²) in [6.07, 6.45) is 20.8. The van der Waals surface area contributed by atoms with Crippen LogP contribution in [0.2, 0.25) is 39.3 Å². The Morgan fingerprint density at radius 3 is 0.907 bits per heavy atom. The first-order valence-corrected chi connectivity index (χ1v) is 39.5. The fraction of sp³-hybridized carbons (Fsp3) is 0.500. The van der Waals surface area contributed by atoms with Crippen LogP contribution in [0.3, 0.4) is 0 Å². The van der Waals surface area contributed by atoms with E-state index in [-0.39, 0.29) is 0 Å². The Labute approximate surface area is 524 Å². The van der Waals surface area contributed by atoms with Gasteiger partial charge in [-0.1, -0.05) is 173 Å². The van der Waals surface area contributed by atoms with Crippen molar-refractivity contribution in [1.29, 1.82) is 0 Å². The Balaban J connectivity index is 1.34. The van der Waals surface area contributed by atoms with E-state index in [1.807, 2.05) is 0 Å². The highest BCUT2D eigenvalue weighted by Gasteiger charge is 2.28. The fourth-order valence-electron chi connectivity index (χ4n) is 11.9. The lowest BCUT2D eigenvalue weighted by atomic mass is 9.95. The zero-order valence-electron chi connectivity index (χ0n) is 57.1. The molecular formula is C78H102N6Si2. The van der Waals surface area contributed by atoms with Gasteiger partial charge in [-0.15, -0.1) is 11.1 Å². The third-order valence-electron chi connectivity index (χ3n) is 16.8. The maximum atomic E-state index is 5.29. The molecule has 6 rings (SSSR count). The van der Waals surface area contributed by atoms with Crippen LogP contribution in [-0.2, 0) is 0 Å². The molecule has 452 valence electrons. The third-order valence-corrected chi connectivity index (χ3v) is 18.5. The van der Waals surface area contributed by atoms with Gasteiger partial charge in [0.15, 0.2) is 0 Å². The average molecular weight is 1180 g/mol. The highest BCUT2D eigenvalue weighted by Crippen LogP contribution is 2.40. The summed E-state index contributed by atoms with van der Waals surface area (Å²) < 4.78 is 0. The molecule has 0 aromatic carbocycles. The summed E-state index contributed by atoms with van der Waals surface area (Å²) >= 11 is 0. The minimum Gasteiger partial charge on any atom is -0.358 e. The van der Waals surface area contributed by atoms with Crippen molar-refractivity contribution < 1.29 is 0 Å². The zero-order valence-corrected chi connectivity index (χ0v) is 59.1. The highest BCUT2D eigenvalue weighted by molar-refractivity contribution is 6.84. The van der Waals surface area contributed by atoms with Gasteiger partial charge in [0.25, 0.3) is 0 Å². The number of aromatic amines is 3. The Kier molecular flexibility index (Phi) is 24.7. The quantitative estimate of drug-likeness (QED) is 0.0539. The molecule has 0 spiro atoms. The number of allylic oxidation sites excluding steroid dienone is 9. The minimum atomic E-state index is -1.57. The van der Waals surface area contributed by atoms with E-state index in [2.05, 4.69) is 228 Å². The number of nitrogens with one attached hydrogen (secondary N) is 3. The van der Waals surface area contributed by atoms with E-state index < -0.39 is 16.1 Å². The number of hydrogen-bond donors (Lipinski definition) is 3. The number of rotatable bonds is 21. The lowest BCUT2D eigenvalue weighted by molar-refractivity contribution is 0.639. The van der Waals surface area contributed by atoms with Crippen molar-refractivity contribution in [3.63, 3.8) is 0 Å². The van der Waals surface area contributed by atoms with E-state index in [4.69, 9.17) is 15.0 Å². The van der Waals surface area contributed by atoms with Crippen molar-refractivity contribution >= 4 is 50.0 Å². The molecule has 8 heteroatoms. The molecule has 0 radical (unpaired) electrons. The van der Waals surface area contributed by atoms with Crippen LogP contribution in [0, 0.1) is 112 Å². The Morgan fingerprint density at radius 2 is 0.605 bits per heavy atom. The molecule has 3 aromatic heterocycles. The lowest BCUT2D eigenvalue weighted by Crippen LogP contribution is -2.16. The smallest absolute Gasteiger partial charge is 0.129 e. The van der Waals surface area contributed by atoms with E-state index in [1.165, 1.54) is 105 Å². The van der Waals surface area contributed by atoms with Gasteiger partial charge in [-0.05, 0) is 179 Å². The van der Waals surface area contributed by atoms with Gasteiger partial charge in [0, 0.05) is 67.6 Å². The second-order valence-electron chi connectivity index (χ2n) is 26.4. The summed E-state index contributed by atoms with van der Waals surface area (Å²) in [5, 5.41) is 0. The van der Waals surface area contributed by atoms with Crippen LogP contribution < -0.4 is 0 Å². The van der Waals surface area contributed by atoms with Crippen molar-refractivity contribution in [2.45, 2.75) is 259 Å². The van der Waals surface area contributed by atoms with Gasteiger partial charge in [-0.2, -0.15) is 0 Å². The standard InChI is InChI=1S/C78H102N6Si2/c1-22-25-28-31-34-45-70(73-52(4)64(58(10)79-73)41-37-39-43-66-54(6)75(81-60(66)12)71(46-35-32-29-26-23-2)77-56(8)68(62(14)83-77)48-50-85(16,17)18)74-53(5)65(59(11)80-74)42-38-40-44-67-55(7)76(82-61(67)13)72(47-36-33-30-27-24-3)78-57(9)69(63(15)84-78)49-51-86(19,20)21/h79,82-83H,22-36,45-47H2,1-21H3/b74-70+,75-71-,78-72+. The predicted molar refractivity (Wildman–Crippen MR) is 380 cm³/mol. The molecule has 0 fully saturated rings. The number of aryl methyl sites for hydroxylation is 3. The van der Waals surface area contributed by atoms with E-state index in [9.17, 15) is 0 Å². The normalized spacial score (nSPS) is 15.8. The van der Waals surface area contributed by atoms with Gasteiger partial charge >= 0.3 is 0 Å². The summed E-state index contributed by atoms with van der Waals surface area (Å²) in [5.74, 6) is 34.2. The second-order valence-corrected chi connectivity index (χ2v) is 35.9. The fourth-order valence-corrected chi connectivity index (χ4v) is 12.9. The predicted octanol–water partition coefficient (Wildman–Crippen LogP) is 20.3. The molecule has 0 saturated carbocycles. The maximum absolute atomic E-state index is 5.29. The molecule has 0 unspecified atom stereocenters. The average Bonchev–Trinajstić information content (AvgIpc) is 1.86. The summed E-state index contributed by atoms with van der Waals surface area (Å²) in [6.45, 7) is 46.4. The number of aliphatic imine (C=N–C) groups is 3. The highest BCUT2D eigenvalue weighted by atomic mass is 28.3. The van der Waals surface area contributed by atoms with Crippen LogP contribution in [0.4, 0.5) is 0 Å². The van der Waals surface area contributed by atoms with E-state index in [0.717, 1.165) is 163 Å². The number of unbranched alkanes of at least 4 members (excludes halogenated alkanes) is 12. The second kappa shape index (κ2) is 31.1. The molecule has 3 aliphatic rings. The maximum Gasteiger partial charge on any atom is 0.129 e. The number of aromatic nitrogens is 3. The van der Waals surface area contributed by atoms with Crippen molar-refractivity contribution in [3.05, 3.63) is 118 Å². The van der Waals surface area contributed by atoms with Crippen LogP contribution in [0.25, 0.3) is 16.7 Å². The molecular weight excluding hydrogens is 1080 g/mol. The Morgan fingerprint density at radius 1 is 0.337 bits per heavy atom. The van der Waals surface area contributed by atoms with E-state index in [1.54, 1.807) is 0 Å². The lowest BCUT2D eigenvalue weighted by Gasteiger charge is -2.12. The Bertz CT molecular complexity index is 3790. The van der Waals surface area contributed by atoms with Gasteiger partial charge in [0.05, 0.1) is 50.9 Å². The van der Waals surface area contributed by atoms with Gasteiger partial charge in [-0.25, -0.2) is 0 Å². The van der Waals surface area contributed by atoms with Crippen molar-refractivity contribution in [1.82, 2.24) is 15.0 Å². The molecule has 6 heterocycles. The first-order valence-electron chi connectivity index (χ1n) is 32.5. The molecule has 3 N–H and O–H groups in total. The van der Waals surface area contributed by atoms with Crippen molar-refractivity contribution in [3.8, 4) is 70.3 Å². The van der Waals surface area contributed by atoms with E-state index >= 15 is 0 Å². The third kappa shape index (κ3) is 17.4. The minimum absolute atomic E-state index is 0.900. The van der Waals surface area contributed by atoms with Gasteiger partial charge in [-0.3, -0.25) is 15.0 Å². The largest absolute Gasteiger partial charge is 0.358 e. The molecule has 3 aromatic rings. The number of nitrogens with zero attached hydrogens (tertiary/aromatic N) is 3. The van der Waals surface area contributed by atoms with Crippen molar-refractivity contribution in [2.75, 3.05) is 0 Å². The van der Waals surface area contributed by atoms with Crippen LogP contribution >= 0.6 is 0 Å². The molecule has 0 aliphatic carbocycles. The van der Waals surface area contributed by atoms with Gasteiger partial charge < -0.3 is 15.0 Å². The SMILES string of the molecule is CCCCCCC/C(=C1/N=C(C)C(C#CC#Cc2c(C)[nH]c(/C(CCCCCCC)=C3/N=C(C)C(C#CC#Cc4c(C)[nH]c(/C(CCCCCCC)=C5/N=C(C)C(C#C[Si](C)(C)C)=C5C)c4C)=C3C)c2C)=C1C)c1[nH]c(C)c(C#C[Si](C)(C)C)c1C.